The second kappa shape index (κ2) is 6.09. The van der Waals surface area contributed by atoms with Crippen molar-refractivity contribution in [2.24, 2.45) is 0 Å². The number of hydrogen-bond donors (Lipinski definition) is 1. The number of hydrogen-bond acceptors (Lipinski definition) is 5. The molecule has 24 heavy (non-hydrogen) atoms. The number of fused-ring (bicyclic) bond motifs is 2. The third-order valence-electron chi connectivity index (χ3n) is 3.83. The van der Waals surface area contributed by atoms with Crippen molar-refractivity contribution in [2.45, 2.75) is 10.9 Å². The molecular formula is C17H16N4O2S. The van der Waals surface area contributed by atoms with Crippen molar-refractivity contribution in [1.82, 2.24) is 19.4 Å². The standard InChI is InChI=1S/C17H16N4O2S/c1-22-14-8-12-13(9-15(14)23-2)20-17(19-12)24-10-11-4-3-6-21-7-5-18-16(11)21/h3-9H,10H2,1-2H3,(H,19,20). The summed E-state index contributed by atoms with van der Waals surface area (Å²) >= 11 is 1.64. The largest absolute Gasteiger partial charge is 0.493 e. The van der Waals surface area contributed by atoms with Gasteiger partial charge in [0.15, 0.2) is 16.7 Å². The van der Waals surface area contributed by atoms with Gasteiger partial charge in [-0.15, -0.1) is 0 Å². The highest BCUT2D eigenvalue weighted by Crippen LogP contribution is 2.33. The van der Waals surface area contributed by atoms with E-state index in [0.29, 0.717) is 11.5 Å². The lowest BCUT2D eigenvalue weighted by molar-refractivity contribution is 0.356. The SMILES string of the molecule is COc1cc2nc(SCc3cccn4ccnc34)[nH]c2cc1OC. The Kier molecular flexibility index (Phi) is 3.78. The molecule has 0 aliphatic heterocycles. The van der Waals surface area contributed by atoms with Crippen molar-refractivity contribution in [2.75, 3.05) is 14.2 Å². The fraction of sp³-hybridized carbons (Fsp3) is 0.176. The smallest absolute Gasteiger partial charge is 0.166 e. The van der Waals surface area contributed by atoms with E-state index in [2.05, 4.69) is 21.0 Å². The van der Waals surface area contributed by atoms with Crippen LogP contribution < -0.4 is 9.47 Å². The van der Waals surface area contributed by atoms with Crippen molar-refractivity contribution in [3.8, 4) is 11.5 Å². The van der Waals surface area contributed by atoms with Crippen molar-refractivity contribution in [1.29, 1.82) is 0 Å². The number of thioether (sulfide) groups is 1. The Morgan fingerprint density at radius 2 is 2.00 bits per heavy atom. The van der Waals surface area contributed by atoms with Gasteiger partial charge in [0.05, 0.1) is 25.3 Å². The normalized spacial score (nSPS) is 11.2. The maximum atomic E-state index is 5.33. The van der Waals surface area contributed by atoms with E-state index in [4.69, 9.17) is 9.47 Å². The monoisotopic (exact) mass is 340 g/mol. The predicted octanol–water partition coefficient (Wildman–Crippen LogP) is 3.52. The zero-order chi connectivity index (χ0) is 16.5. The van der Waals surface area contributed by atoms with Crippen LogP contribution in [0.15, 0.2) is 48.0 Å². The van der Waals surface area contributed by atoms with Crippen LogP contribution >= 0.6 is 11.8 Å². The van der Waals surface area contributed by atoms with Gasteiger partial charge in [-0.05, 0) is 6.07 Å². The molecule has 0 atom stereocenters. The summed E-state index contributed by atoms with van der Waals surface area (Å²) in [6.45, 7) is 0. The number of rotatable bonds is 5. The third-order valence-corrected chi connectivity index (χ3v) is 4.75. The minimum Gasteiger partial charge on any atom is -0.493 e. The summed E-state index contributed by atoms with van der Waals surface area (Å²) in [6, 6.07) is 7.90. The quantitative estimate of drug-likeness (QED) is 0.563. The fourth-order valence-electron chi connectivity index (χ4n) is 2.65. The number of ether oxygens (including phenoxy) is 2. The number of nitrogens with one attached hydrogen (secondary N) is 1. The number of methoxy groups -OCH3 is 2. The van der Waals surface area contributed by atoms with Crippen LogP contribution in [0.1, 0.15) is 5.56 Å². The van der Waals surface area contributed by atoms with Crippen molar-refractivity contribution in [3.05, 3.63) is 48.4 Å². The molecule has 0 radical (unpaired) electrons. The molecule has 0 bridgehead atoms. The van der Waals surface area contributed by atoms with Crippen LogP contribution in [0, 0.1) is 0 Å². The van der Waals surface area contributed by atoms with Gasteiger partial charge in [0, 0.05) is 42.0 Å². The van der Waals surface area contributed by atoms with E-state index in [1.807, 2.05) is 41.2 Å². The van der Waals surface area contributed by atoms with E-state index in [1.165, 1.54) is 5.56 Å². The summed E-state index contributed by atoms with van der Waals surface area (Å²) in [6.07, 6.45) is 5.75. The zero-order valence-corrected chi connectivity index (χ0v) is 14.1. The van der Waals surface area contributed by atoms with Crippen LogP contribution in [-0.4, -0.2) is 33.6 Å². The molecule has 0 aliphatic carbocycles. The molecule has 1 N–H and O–H groups in total. The van der Waals surface area contributed by atoms with E-state index in [1.54, 1.807) is 26.0 Å². The molecule has 0 amide bonds. The lowest BCUT2D eigenvalue weighted by atomic mass is 10.3. The summed E-state index contributed by atoms with van der Waals surface area (Å²) in [5, 5.41) is 0.855. The number of aromatic amines is 1. The molecule has 0 saturated carbocycles. The molecule has 0 unspecified atom stereocenters. The Hall–Kier alpha value is -2.67. The zero-order valence-electron chi connectivity index (χ0n) is 13.3. The number of benzene rings is 1. The van der Waals surface area contributed by atoms with Crippen molar-refractivity contribution < 1.29 is 9.47 Å². The summed E-state index contributed by atoms with van der Waals surface area (Å²) in [5.41, 5.74) is 3.93. The molecule has 4 rings (SSSR count). The fourth-order valence-corrected chi connectivity index (χ4v) is 3.51. The van der Waals surface area contributed by atoms with Gasteiger partial charge in [0.2, 0.25) is 0 Å². The van der Waals surface area contributed by atoms with Crippen molar-refractivity contribution in [3.63, 3.8) is 0 Å². The van der Waals surface area contributed by atoms with Gasteiger partial charge in [-0.25, -0.2) is 9.97 Å². The second-order valence-corrected chi connectivity index (χ2v) is 6.21. The third kappa shape index (κ3) is 2.56. The lowest BCUT2D eigenvalue weighted by Gasteiger charge is -2.06. The van der Waals surface area contributed by atoms with Crippen LogP contribution in [0.25, 0.3) is 16.7 Å². The average molecular weight is 340 g/mol. The number of pyridine rings is 1. The van der Waals surface area contributed by atoms with Crippen LogP contribution in [0.5, 0.6) is 11.5 Å². The topological polar surface area (TPSA) is 64.4 Å². The molecule has 7 heteroatoms. The maximum Gasteiger partial charge on any atom is 0.166 e. The van der Waals surface area contributed by atoms with E-state index >= 15 is 0 Å². The number of imidazole rings is 2. The maximum absolute atomic E-state index is 5.33. The second-order valence-electron chi connectivity index (χ2n) is 5.25. The van der Waals surface area contributed by atoms with Gasteiger partial charge in [0.1, 0.15) is 5.65 Å². The molecular weight excluding hydrogens is 324 g/mol. The minimum atomic E-state index is 0.676. The molecule has 1 aromatic carbocycles. The van der Waals surface area contributed by atoms with Gasteiger partial charge in [-0.1, -0.05) is 17.8 Å². The molecule has 4 aromatic rings. The highest BCUT2D eigenvalue weighted by Gasteiger charge is 2.11. The lowest BCUT2D eigenvalue weighted by Crippen LogP contribution is -1.89. The molecule has 122 valence electrons. The first-order valence-corrected chi connectivity index (χ1v) is 8.42. The first-order valence-electron chi connectivity index (χ1n) is 7.43. The van der Waals surface area contributed by atoms with E-state index < -0.39 is 0 Å². The number of aromatic nitrogens is 4. The summed E-state index contributed by atoms with van der Waals surface area (Å²) in [7, 11) is 3.25. The molecule has 3 aromatic heterocycles. The summed E-state index contributed by atoms with van der Waals surface area (Å²) in [5.74, 6) is 2.15. The van der Waals surface area contributed by atoms with Crippen molar-refractivity contribution >= 4 is 28.4 Å². The van der Waals surface area contributed by atoms with Crippen LogP contribution in [0.4, 0.5) is 0 Å². The molecule has 0 saturated heterocycles. The average Bonchev–Trinajstić information content (AvgIpc) is 3.24. The van der Waals surface area contributed by atoms with Gasteiger partial charge in [0.25, 0.3) is 0 Å². The van der Waals surface area contributed by atoms with E-state index in [0.717, 1.165) is 27.6 Å². The van der Waals surface area contributed by atoms with Crippen LogP contribution in [0.2, 0.25) is 0 Å². The molecule has 0 aliphatic rings. The Labute approximate surface area is 142 Å². The van der Waals surface area contributed by atoms with Gasteiger partial charge in [-0.2, -0.15) is 0 Å². The summed E-state index contributed by atoms with van der Waals surface area (Å²) < 4.78 is 12.7. The number of nitrogens with zero attached hydrogens (tertiary/aromatic N) is 3. The highest BCUT2D eigenvalue weighted by molar-refractivity contribution is 7.98. The Morgan fingerprint density at radius 1 is 1.17 bits per heavy atom. The number of H-pyrrole nitrogens is 1. The van der Waals surface area contributed by atoms with E-state index in [-0.39, 0.29) is 0 Å². The molecule has 0 fully saturated rings. The minimum absolute atomic E-state index is 0.676. The Morgan fingerprint density at radius 3 is 2.83 bits per heavy atom. The van der Waals surface area contributed by atoms with Gasteiger partial charge >= 0.3 is 0 Å². The van der Waals surface area contributed by atoms with E-state index in [9.17, 15) is 0 Å². The highest BCUT2D eigenvalue weighted by atomic mass is 32.2. The first kappa shape index (κ1) is 14.9. The van der Waals surface area contributed by atoms with Gasteiger partial charge in [-0.3, -0.25) is 0 Å². The Balaban J connectivity index is 1.61. The first-order chi connectivity index (χ1) is 11.8. The van der Waals surface area contributed by atoms with Gasteiger partial charge < -0.3 is 18.9 Å². The molecule has 3 heterocycles. The molecule has 0 spiro atoms. The predicted molar refractivity (Wildman–Crippen MR) is 94.0 cm³/mol. The molecule has 6 nitrogen and oxygen atoms in total. The Bertz CT molecular complexity index is 967. The van der Waals surface area contributed by atoms with Crippen LogP contribution in [0.3, 0.4) is 0 Å². The van der Waals surface area contributed by atoms with Crippen LogP contribution in [-0.2, 0) is 5.75 Å². The summed E-state index contributed by atoms with van der Waals surface area (Å²) in [4.78, 5) is 12.4.